The zero-order valence-corrected chi connectivity index (χ0v) is 22.9. The second-order valence-electron chi connectivity index (χ2n) is 10.5. The van der Waals surface area contributed by atoms with Gasteiger partial charge in [-0.05, 0) is 52.4 Å². The van der Waals surface area contributed by atoms with Gasteiger partial charge in [-0.3, -0.25) is 9.98 Å². The second kappa shape index (κ2) is 12.7. The van der Waals surface area contributed by atoms with Gasteiger partial charge in [0.2, 0.25) is 0 Å². The highest BCUT2D eigenvalue weighted by Gasteiger charge is 2.21. The Balaban J connectivity index is 1.85. The molecule has 0 aromatic heterocycles. The summed E-state index contributed by atoms with van der Waals surface area (Å²) in [5.74, 6) is 0.868. The van der Waals surface area contributed by atoms with E-state index in [-0.39, 0.29) is 11.5 Å². The van der Waals surface area contributed by atoms with Crippen molar-refractivity contribution >= 4 is 34.0 Å². The molecule has 4 aromatic rings. The maximum Gasteiger partial charge on any atom is 0.132 e. The molecule has 38 heavy (non-hydrogen) atoms. The zero-order chi connectivity index (χ0) is 27.1. The summed E-state index contributed by atoms with van der Waals surface area (Å²) < 4.78 is 0. The summed E-state index contributed by atoms with van der Waals surface area (Å²) in [7, 11) is 0. The second-order valence-corrected chi connectivity index (χ2v) is 10.5. The zero-order valence-electron chi connectivity index (χ0n) is 22.9. The average Bonchev–Trinajstić information content (AvgIpc) is 2.89. The molecule has 0 bridgehead atoms. The van der Waals surface area contributed by atoms with Crippen molar-refractivity contribution in [3.63, 3.8) is 0 Å². The van der Waals surface area contributed by atoms with Crippen molar-refractivity contribution in [3.8, 4) is 22.6 Å². The van der Waals surface area contributed by atoms with Gasteiger partial charge in [0.15, 0.2) is 0 Å². The van der Waals surface area contributed by atoms with E-state index < -0.39 is 0 Å². The smallest absolute Gasteiger partial charge is 0.132 e. The van der Waals surface area contributed by atoms with Gasteiger partial charge in [-0.15, -0.1) is 0 Å². The Kier molecular flexibility index (Phi) is 9.14. The third kappa shape index (κ3) is 6.40. The Morgan fingerprint density at radius 1 is 0.737 bits per heavy atom. The molecule has 5 nitrogen and oxygen atoms in total. The summed E-state index contributed by atoms with van der Waals surface area (Å²) in [4.78, 5) is 9.17. The molecule has 0 atom stereocenters. The lowest BCUT2D eigenvalue weighted by Crippen LogP contribution is -2.25. The van der Waals surface area contributed by atoms with Crippen molar-refractivity contribution in [1.29, 1.82) is 0 Å². The standard InChI is InChI=1S/C33H39N3O2/c1-22(2)10-9-15-34-20-26-18-24-11-5-7-13-28(24)30(32(26)37)31-29-14-8-6-12-25(29)19-27(33(31)38)21-35-16-17-36-23(3)4/h5-8,11-14,18-23,36-38H,9-10,15-17H2,1-4H3. The Morgan fingerprint density at radius 2 is 1.24 bits per heavy atom. The summed E-state index contributed by atoms with van der Waals surface area (Å²) in [6, 6.07) is 20.2. The molecule has 0 aliphatic carbocycles. The van der Waals surface area contributed by atoms with Gasteiger partial charge in [0.05, 0.1) is 6.54 Å². The van der Waals surface area contributed by atoms with Gasteiger partial charge in [0, 0.05) is 53.8 Å². The van der Waals surface area contributed by atoms with Crippen molar-refractivity contribution < 1.29 is 10.2 Å². The van der Waals surface area contributed by atoms with E-state index in [0.29, 0.717) is 47.3 Å². The molecule has 0 aliphatic rings. The highest BCUT2D eigenvalue weighted by Crippen LogP contribution is 2.46. The van der Waals surface area contributed by atoms with Crippen LogP contribution < -0.4 is 5.32 Å². The van der Waals surface area contributed by atoms with Crippen LogP contribution in [0.4, 0.5) is 0 Å². The minimum Gasteiger partial charge on any atom is -0.507 e. The van der Waals surface area contributed by atoms with E-state index in [4.69, 9.17) is 0 Å². The van der Waals surface area contributed by atoms with Gasteiger partial charge in [0.1, 0.15) is 11.5 Å². The number of phenolic OH excluding ortho intramolecular Hbond substituents is 2. The number of hydrogen-bond donors (Lipinski definition) is 3. The van der Waals surface area contributed by atoms with Gasteiger partial charge in [-0.1, -0.05) is 76.2 Å². The third-order valence-electron chi connectivity index (χ3n) is 6.68. The van der Waals surface area contributed by atoms with Gasteiger partial charge in [0.25, 0.3) is 0 Å². The lowest BCUT2D eigenvalue weighted by atomic mass is 9.89. The Labute approximate surface area is 226 Å². The number of aliphatic imine (C=N–C) groups is 2. The fraction of sp³-hybridized carbons (Fsp3) is 0.333. The quantitative estimate of drug-likeness (QED) is 0.146. The summed E-state index contributed by atoms with van der Waals surface area (Å²) in [6.07, 6.45) is 5.62. The molecule has 5 heteroatoms. The van der Waals surface area contributed by atoms with Crippen molar-refractivity contribution in [2.75, 3.05) is 19.6 Å². The normalized spacial score (nSPS) is 12.3. The first-order valence-electron chi connectivity index (χ1n) is 13.6. The number of benzene rings is 4. The molecule has 3 N–H and O–H groups in total. The lowest BCUT2D eigenvalue weighted by Gasteiger charge is -2.17. The van der Waals surface area contributed by atoms with E-state index in [2.05, 4.69) is 43.0 Å². The molecular weight excluding hydrogens is 470 g/mol. The van der Waals surface area contributed by atoms with E-state index in [1.165, 1.54) is 0 Å². The fourth-order valence-electron chi connectivity index (χ4n) is 4.75. The van der Waals surface area contributed by atoms with Crippen LogP contribution in [0.5, 0.6) is 11.5 Å². The maximum absolute atomic E-state index is 11.6. The molecule has 4 aromatic carbocycles. The largest absolute Gasteiger partial charge is 0.507 e. The molecule has 0 radical (unpaired) electrons. The molecule has 0 saturated heterocycles. The van der Waals surface area contributed by atoms with E-state index in [0.717, 1.165) is 40.9 Å². The first-order valence-corrected chi connectivity index (χ1v) is 13.6. The summed E-state index contributed by atoms with van der Waals surface area (Å²) in [6.45, 7) is 10.7. The van der Waals surface area contributed by atoms with Gasteiger partial charge >= 0.3 is 0 Å². The molecule has 0 aliphatic heterocycles. The van der Waals surface area contributed by atoms with Gasteiger partial charge in [-0.2, -0.15) is 0 Å². The first-order chi connectivity index (χ1) is 18.4. The summed E-state index contributed by atoms with van der Waals surface area (Å²) >= 11 is 0. The minimum absolute atomic E-state index is 0.107. The number of hydrogen-bond acceptors (Lipinski definition) is 5. The highest BCUT2D eigenvalue weighted by atomic mass is 16.3. The van der Waals surface area contributed by atoms with Crippen LogP contribution in [0, 0.1) is 5.92 Å². The van der Waals surface area contributed by atoms with Crippen LogP contribution in [0.3, 0.4) is 0 Å². The molecule has 0 spiro atoms. The molecule has 0 saturated carbocycles. The number of aromatic hydroxyl groups is 2. The van der Waals surface area contributed by atoms with Crippen molar-refractivity contribution in [2.45, 2.75) is 46.6 Å². The topological polar surface area (TPSA) is 77.2 Å². The van der Waals surface area contributed by atoms with Crippen LogP contribution in [-0.2, 0) is 0 Å². The van der Waals surface area contributed by atoms with Crippen LogP contribution >= 0.6 is 0 Å². The molecule has 0 unspecified atom stereocenters. The highest BCUT2D eigenvalue weighted by molar-refractivity contribution is 6.14. The van der Waals surface area contributed by atoms with Crippen molar-refractivity contribution in [2.24, 2.45) is 15.9 Å². The van der Waals surface area contributed by atoms with E-state index >= 15 is 0 Å². The molecule has 198 valence electrons. The Morgan fingerprint density at radius 3 is 1.74 bits per heavy atom. The van der Waals surface area contributed by atoms with Gasteiger partial charge in [-0.25, -0.2) is 0 Å². The van der Waals surface area contributed by atoms with Crippen LogP contribution in [0.1, 0.15) is 51.7 Å². The van der Waals surface area contributed by atoms with Crippen LogP contribution in [0.2, 0.25) is 0 Å². The number of phenols is 2. The van der Waals surface area contributed by atoms with E-state index in [1.54, 1.807) is 12.4 Å². The van der Waals surface area contributed by atoms with Gasteiger partial charge < -0.3 is 15.5 Å². The predicted octanol–water partition coefficient (Wildman–Crippen LogP) is 7.34. The molecular formula is C33H39N3O2. The molecule has 4 rings (SSSR count). The fourth-order valence-corrected chi connectivity index (χ4v) is 4.75. The minimum atomic E-state index is 0.107. The van der Waals surface area contributed by atoms with Crippen LogP contribution in [0.25, 0.3) is 32.7 Å². The Hall–Kier alpha value is -3.70. The van der Waals surface area contributed by atoms with E-state index in [1.807, 2.05) is 60.7 Å². The lowest BCUT2D eigenvalue weighted by molar-refractivity contribution is 0.469. The molecule has 0 amide bonds. The first kappa shape index (κ1) is 27.3. The number of rotatable bonds is 11. The van der Waals surface area contributed by atoms with Crippen molar-refractivity contribution in [1.82, 2.24) is 5.32 Å². The van der Waals surface area contributed by atoms with Crippen molar-refractivity contribution in [3.05, 3.63) is 71.8 Å². The maximum atomic E-state index is 11.6. The molecule has 0 heterocycles. The predicted molar refractivity (Wildman–Crippen MR) is 162 cm³/mol. The molecule has 0 fully saturated rings. The number of nitrogens with zero attached hydrogens (tertiary/aromatic N) is 2. The van der Waals surface area contributed by atoms with Crippen LogP contribution in [-0.4, -0.2) is 48.3 Å². The SMILES string of the molecule is CC(C)CCCN=Cc1cc2ccccc2c(-c2c(O)c(C=NCCNC(C)C)cc3ccccc23)c1O. The Bertz CT molecular complexity index is 1340. The van der Waals surface area contributed by atoms with E-state index in [9.17, 15) is 10.2 Å². The third-order valence-corrected chi connectivity index (χ3v) is 6.68. The number of fused-ring (bicyclic) bond motifs is 2. The average molecular weight is 510 g/mol. The van der Waals surface area contributed by atoms with Crippen LogP contribution in [0.15, 0.2) is 70.6 Å². The summed E-state index contributed by atoms with van der Waals surface area (Å²) in [5, 5.41) is 30.3. The number of nitrogens with one attached hydrogen (secondary N) is 1. The summed E-state index contributed by atoms with van der Waals surface area (Å²) in [5.41, 5.74) is 2.48. The monoisotopic (exact) mass is 509 g/mol.